The molecule has 0 aliphatic carbocycles. The summed E-state index contributed by atoms with van der Waals surface area (Å²) in [5, 5.41) is 0.180. The third kappa shape index (κ3) is 4.22. The Labute approximate surface area is 208 Å². The fraction of sp³-hybridized carbons (Fsp3) is 0.0870. The van der Waals surface area contributed by atoms with Gasteiger partial charge in [-0.25, -0.2) is 13.2 Å². The number of aromatic nitrogens is 1. The molecule has 4 rings (SSSR count). The van der Waals surface area contributed by atoms with Gasteiger partial charge in [0.05, 0.1) is 18.3 Å². The van der Waals surface area contributed by atoms with Gasteiger partial charge in [-0.15, -0.1) is 0 Å². The lowest BCUT2D eigenvalue weighted by molar-refractivity contribution is 0.346. The van der Waals surface area contributed by atoms with E-state index in [0.29, 0.717) is 11.4 Å². The van der Waals surface area contributed by atoms with Crippen LogP contribution in [0, 0.1) is 36.0 Å². The average Bonchev–Trinajstić information content (AvgIpc) is 2.85. The normalized spacial score (nSPS) is 11.7. The van der Waals surface area contributed by atoms with Crippen LogP contribution in [0.3, 0.4) is 0 Å². The Morgan fingerprint density at radius 2 is 1.47 bits per heavy atom. The van der Waals surface area contributed by atoms with E-state index >= 15 is 0 Å². The topological polar surface area (TPSA) is 74.6 Å². The number of benzene rings is 3. The van der Waals surface area contributed by atoms with Crippen LogP contribution in [0.1, 0.15) is 5.56 Å². The molecule has 188 valence electrons. The Morgan fingerprint density at radius 1 is 0.861 bits per heavy atom. The highest BCUT2D eigenvalue weighted by Gasteiger charge is 2.31. The standard InChI is InChI=1S/C23H13BrF5NO5S/c1-10-7-15(16(34-2)9-13(10)24)30-14-5-4-12(8-11(14)3-6-17(30)31)36(32,33)35-23-21(28)19(26)18(25)20(27)22(23)29/h3-9H,1-2H3. The zero-order valence-electron chi connectivity index (χ0n) is 18.2. The lowest BCUT2D eigenvalue weighted by atomic mass is 10.1. The van der Waals surface area contributed by atoms with Crippen molar-refractivity contribution in [3.05, 3.63) is 91.9 Å². The van der Waals surface area contributed by atoms with Crippen molar-refractivity contribution in [2.75, 3.05) is 7.11 Å². The third-order valence-electron chi connectivity index (χ3n) is 5.22. The minimum Gasteiger partial charge on any atom is -0.495 e. The third-order valence-corrected chi connectivity index (χ3v) is 7.29. The first-order valence-corrected chi connectivity index (χ1v) is 12.0. The maximum atomic E-state index is 14.0. The lowest BCUT2D eigenvalue weighted by Gasteiger charge is -2.16. The van der Waals surface area contributed by atoms with E-state index in [1.54, 1.807) is 19.1 Å². The van der Waals surface area contributed by atoms with E-state index in [-0.39, 0.29) is 10.9 Å². The van der Waals surface area contributed by atoms with Gasteiger partial charge in [0.2, 0.25) is 34.8 Å². The summed E-state index contributed by atoms with van der Waals surface area (Å²) in [6.45, 7) is 1.78. The zero-order chi connectivity index (χ0) is 26.5. The van der Waals surface area contributed by atoms with Crippen LogP contribution in [0.4, 0.5) is 22.0 Å². The van der Waals surface area contributed by atoms with Crippen molar-refractivity contribution < 1.29 is 39.3 Å². The van der Waals surface area contributed by atoms with Gasteiger partial charge in [0.25, 0.3) is 5.56 Å². The highest BCUT2D eigenvalue weighted by Crippen LogP contribution is 2.33. The number of ether oxygens (including phenoxy) is 1. The van der Waals surface area contributed by atoms with Gasteiger partial charge in [-0.2, -0.15) is 17.2 Å². The summed E-state index contributed by atoms with van der Waals surface area (Å²) in [7, 11) is -3.66. The van der Waals surface area contributed by atoms with Crippen LogP contribution >= 0.6 is 15.9 Å². The smallest absolute Gasteiger partial charge is 0.339 e. The molecular formula is C23H13BrF5NO5S. The van der Waals surface area contributed by atoms with Crippen molar-refractivity contribution in [2.24, 2.45) is 0 Å². The van der Waals surface area contributed by atoms with Crippen molar-refractivity contribution in [2.45, 2.75) is 11.8 Å². The minimum absolute atomic E-state index is 0.180. The second-order valence-corrected chi connectivity index (χ2v) is 9.84. The average molecular weight is 590 g/mol. The van der Waals surface area contributed by atoms with E-state index in [1.807, 2.05) is 0 Å². The molecule has 0 saturated carbocycles. The Bertz CT molecular complexity index is 1690. The number of fused-ring (bicyclic) bond motifs is 1. The van der Waals surface area contributed by atoms with Gasteiger partial charge in [-0.3, -0.25) is 9.36 Å². The SMILES string of the molecule is COc1cc(Br)c(C)cc1-n1c(=O)ccc2cc(S(=O)(=O)Oc3c(F)c(F)c(F)c(F)c3F)ccc21. The number of rotatable bonds is 5. The first-order chi connectivity index (χ1) is 16.9. The second kappa shape index (κ2) is 9.21. The summed E-state index contributed by atoms with van der Waals surface area (Å²) >= 11 is 3.37. The van der Waals surface area contributed by atoms with Crippen LogP contribution in [0.25, 0.3) is 16.6 Å². The van der Waals surface area contributed by atoms with Crippen molar-refractivity contribution in [3.8, 4) is 17.2 Å². The maximum absolute atomic E-state index is 14.0. The number of aryl methyl sites for hydroxylation is 1. The van der Waals surface area contributed by atoms with Gasteiger partial charge >= 0.3 is 10.1 Å². The van der Waals surface area contributed by atoms with Gasteiger partial charge in [-0.1, -0.05) is 15.9 Å². The monoisotopic (exact) mass is 589 g/mol. The van der Waals surface area contributed by atoms with E-state index < -0.39 is 55.4 Å². The molecule has 0 N–H and O–H groups in total. The Kier molecular flexibility index (Phi) is 6.56. The fourth-order valence-electron chi connectivity index (χ4n) is 3.43. The molecule has 0 fully saturated rings. The molecule has 0 atom stereocenters. The van der Waals surface area contributed by atoms with Crippen molar-refractivity contribution in [3.63, 3.8) is 0 Å². The molecule has 3 aromatic carbocycles. The summed E-state index contributed by atoms with van der Waals surface area (Å²) in [6, 6.07) is 8.96. The molecule has 0 bridgehead atoms. The van der Waals surface area contributed by atoms with Crippen molar-refractivity contribution in [1.82, 2.24) is 4.57 Å². The number of hydrogen-bond donors (Lipinski definition) is 0. The Balaban J connectivity index is 1.87. The van der Waals surface area contributed by atoms with Crippen LogP contribution < -0.4 is 14.5 Å². The molecule has 0 aliphatic rings. The zero-order valence-corrected chi connectivity index (χ0v) is 20.6. The molecule has 0 unspecified atom stereocenters. The molecule has 0 saturated heterocycles. The lowest BCUT2D eigenvalue weighted by Crippen LogP contribution is -2.19. The first kappa shape index (κ1) is 25.6. The molecule has 0 amide bonds. The summed E-state index contributed by atoms with van der Waals surface area (Å²) in [6.07, 6.45) is 0. The molecule has 0 radical (unpaired) electrons. The molecule has 4 aromatic rings. The van der Waals surface area contributed by atoms with Gasteiger partial charge in [0, 0.05) is 15.9 Å². The van der Waals surface area contributed by atoms with Crippen molar-refractivity contribution in [1.29, 1.82) is 0 Å². The minimum atomic E-state index is -5.06. The molecule has 0 aliphatic heterocycles. The molecule has 13 heteroatoms. The first-order valence-electron chi connectivity index (χ1n) is 9.83. The van der Waals surface area contributed by atoms with Gasteiger partial charge in [0.15, 0.2) is 0 Å². The summed E-state index contributed by atoms with van der Waals surface area (Å²) in [5.74, 6) is -13.7. The van der Waals surface area contributed by atoms with Crippen LogP contribution in [0.5, 0.6) is 11.5 Å². The molecule has 36 heavy (non-hydrogen) atoms. The molecule has 6 nitrogen and oxygen atoms in total. The molecule has 1 heterocycles. The predicted molar refractivity (Wildman–Crippen MR) is 123 cm³/mol. The van der Waals surface area contributed by atoms with E-state index in [9.17, 15) is 35.2 Å². The number of pyridine rings is 1. The van der Waals surface area contributed by atoms with E-state index in [4.69, 9.17) is 4.74 Å². The van der Waals surface area contributed by atoms with Gasteiger partial charge in [-0.05, 0) is 48.9 Å². The summed E-state index contributed by atoms with van der Waals surface area (Å²) in [5.41, 5.74) is 0.876. The van der Waals surface area contributed by atoms with Crippen LogP contribution in [-0.4, -0.2) is 20.1 Å². The largest absolute Gasteiger partial charge is 0.495 e. The quantitative estimate of drug-likeness (QED) is 0.132. The van der Waals surface area contributed by atoms with E-state index in [0.717, 1.165) is 28.2 Å². The van der Waals surface area contributed by atoms with E-state index in [1.165, 1.54) is 23.8 Å². The summed E-state index contributed by atoms with van der Waals surface area (Å²) < 4.78 is 105. The van der Waals surface area contributed by atoms with Crippen LogP contribution in [0.2, 0.25) is 0 Å². The number of methoxy groups -OCH3 is 1. The number of nitrogens with zero attached hydrogens (tertiary/aromatic N) is 1. The van der Waals surface area contributed by atoms with Crippen LogP contribution in [-0.2, 0) is 10.1 Å². The number of halogens is 6. The molecule has 1 aromatic heterocycles. The van der Waals surface area contributed by atoms with E-state index in [2.05, 4.69) is 20.1 Å². The van der Waals surface area contributed by atoms with Gasteiger partial charge < -0.3 is 8.92 Å². The Morgan fingerprint density at radius 3 is 2.08 bits per heavy atom. The highest BCUT2D eigenvalue weighted by molar-refractivity contribution is 9.10. The number of hydrogen-bond acceptors (Lipinski definition) is 5. The maximum Gasteiger partial charge on any atom is 0.339 e. The molecular weight excluding hydrogens is 577 g/mol. The van der Waals surface area contributed by atoms with Crippen molar-refractivity contribution >= 4 is 37.0 Å². The Hall–Kier alpha value is -3.45. The predicted octanol–water partition coefficient (Wildman–Crippen LogP) is 5.53. The highest BCUT2D eigenvalue weighted by atomic mass is 79.9. The molecule has 0 spiro atoms. The second-order valence-electron chi connectivity index (χ2n) is 7.44. The van der Waals surface area contributed by atoms with Crippen LogP contribution in [0.15, 0.2) is 56.6 Å². The van der Waals surface area contributed by atoms with Gasteiger partial charge in [0.1, 0.15) is 10.6 Å². The summed E-state index contributed by atoms with van der Waals surface area (Å²) in [4.78, 5) is 12.1. The fourth-order valence-corrected chi connectivity index (χ4v) is 4.72.